The van der Waals surface area contributed by atoms with Crippen molar-refractivity contribution in [1.82, 2.24) is 4.98 Å². The highest BCUT2D eigenvalue weighted by atomic mass is 16.5. The van der Waals surface area contributed by atoms with Crippen molar-refractivity contribution in [2.75, 3.05) is 6.61 Å². The van der Waals surface area contributed by atoms with Crippen LogP contribution in [-0.4, -0.2) is 17.6 Å². The molecule has 21 heavy (non-hydrogen) atoms. The summed E-state index contributed by atoms with van der Waals surface area (Å²) in [6, 6.07) is 15.9. The van der Waals surface area contributed by atoms with E-state index in [1.807, 2.05) is 62.4 Å². The molecule has 0 unspecified atom stereocenters. The average molecular weight is 279 g/mol. The lowest BCUT2D eigenvalue weighted by Crippen LogP contribution is -2.05. The predicted molar refractivity (Wildman–Crippen MR) is 84.4 cm³/mol. The Morgan fingerprint density at radius 3 is 2.62 bits per heavy atom. The number of nitrogens with one attached hydrogen (secondary N) is 1. The number of esters is 1. The van der Waals surface area contributed by atoms with Gasteiger partial charge >= 0.3 is 5.97 Å². The smallest absolute Gasteiger partial charge is 0.340 e. The Kier molecular flexibility index (Phi) is 3.48. The zero-order valence-corrected chi connectivity index (χ0v) is 12.1. The van der Waals surface area contributed by atoms with Crippen LogP contribution in [0.5, 0.6) is 0 Å². The number of rotatable bonds is 3. The first-order chi connectivity index (χ1) is 10.2. The Morgan fingerprint density at radius 2 is 1.90 bits per heavy atom. The summed E-state index contributed by atoms with van der Waals surface area (Å²) in [6.07, 6.45) is 0. The normalized spacial score (nSPS) is 10.8. The Morgan fingerprint density at radius 1 is 1.14 bits per heavy atom. The lowest BCUT2D eigenvalue weighted by atomic mass is 10.0. The quantitative estimate of drug-likeness (QED) is 0.725. The molecule has 0 saturated carbocycles. The second kappa shape index (κ2) is 5.44. The molecule has 3 aromatic rings. The van der Waals surface area contributed by atoms with Crippen LogP contribution in [0, 0.1) is 6.92 Å². The number of hydrogen-bond acceptors (Lipinski definition) is 2. The minimum atomic E-state index is -0.284. The van der Waals surface area contributed by atoms with E-state index in [-0.39, 0.29) is 5.97 Å². The molecule has 3 heteroatoms. The molecule has 106 valence electrons. The van der Waals surface area contributed by atoms with Gasteiger partial charge in [-0.05, 0) is 31.5 Å². The summed E-state index contributed by atoms with van der Waals surface area (Å²) in [4.78, 5) is 15.7. The molecule has 0 fully saturated rings. The standard InChI is InChI=1S/C18H17NO2/c1-3-21-18(20)16-14-11-12(2)9-10-15(14)19-17(16)13-7-5-4-6-8-13/h4-11,19H,3H2,1-2H3. The van der Waals surface area contributed by atoms with Gasteiger partial charge in [0.05, 0.1) is 17.9 Å². The first-order valence-electron chi connectivity index (χ1n) is 7.05. The van der Waals surface area contributed by atoms with E-state index < -0.39 is 0 Å². The maximum atomic E-state index is 12.4. The molecule has 1 N–H and O–H groups in total. The molecule has 0 saturated heterocycles. The highest BCUT2D eigenvalue weighted by Crippen LogP contribution is 2.31. The Bertz CT molecular complexity index is 788. The van der Waals surface area contributed by atoms with Crippen molar-refractivity contribution in [3.05, 3.63) is 59.7 Å². The largest absolute Gasteiger partial charge is 0.462 e. The van der Waals surface area contributed by atoms with Gasteiger partial charge in [0.15, 0.2) is 0 Å². The first kappa shape index (κ1) is 13.4. The summed E-state index contributed by atoms with van der Waals surface area (Å²) < 4.78 is 5.24. The van der Waals surface area contributed by atoms with Gasteiger partial charge in [-0.1, -0.05) is 42.0 Å². The number of carbonyl (C=O) groups is 1. The Hall–Kier alpha value is -2.55. The van der Waals surface area contributed by atoms with E-state index in [9.17, 15) is 4.79 Å². The van der Waals surface area contributed by atoms with E-state index in [0.717, 1.165) is 27.7 Å². The molecule has 0 bridgehead atoms. The van der Waals surface area contributed by atoms with Gasteiger partial charge in [-0.2, -0.15) is 0 Å². The highest BCUT2D eigenvalue weighted by Gasteiger charge is 2.20. The lowest BCUT2D eigenvalue weighted by molar-refractivity contribution is 0.0529. The lowest BCUT2D eigenvalue weighted by Gasteiger charge is -2.05. The second-order valence-corrected chi connectivity index (χ2v) is 5.01. The van der Waals surface area contributed by atoms with Gasteiger partial charge in [0.1, 0.15) is 0 Å². The number of aromatic amines is 1. The molecule has 0 radical (unpaired) electrons. The van der Waals surface area contributed by atoms with Crippen LogP contribution in [0.25, 0.3) is 22.2 Å². The fourth-order valence-corrected chi connectivity index (χ4v) is 2.54. The first-order valence-corrected chi connectivity index (χ1v) is 7.05. The van der Waals surface area contributed by atoms with E-state index in [2.05, 4.69) is 4.98 Å². The average Bonchev–Trinajstić information content (AvgIpc) is 2.87. The van der Waals surface area contributed by atoms with E-state index >= 15 is 0 Å². The van der Waals surface area contributed by atoms with Crippen LogP contribution in [0.15, 0.2) is 48.5 Å². The van der Waals surface area contributed by atoms with Gasteiger partial charge in [0, 0.05) is 10.9 Å². The summed E-state index contributed by atoms with van der Waals surface area (Å²) in [5, 5.41) is 0.910. The number of H-pyrrole nitrogens is 1. The second-order valence-electron chi connectivity index (χ2n) is 5.01. The van der Waals surface area contributed by atoms with Crippen molar-refractivity contribution in [2.24, 2.45) is 0 Å². The molecule has 0 spiro atoms. The molecule has 2 aromatic carbocycles. The highest BCUT2D eigenvalue weighted by molar-refractivity contribution is 6.10. The molecule has 0 aliphatic heterocycles. The number of hydrogen-bond donors (Lipinski definition) is 1. The zero-order valence-electron chi connectivity index (χ0n) is 12.1. The van der Waals surface area contributed by atoms with Crippen LogP contribution < -0.4 is 0 Å². The minimum Gasteiger partial charge on any atom is -0.462 e. The molecule has 3 nitrogen and oxygen atoms in total. The summed E-state index contributed by atoms with van der Waals surface area (Å²) in [5.74, 6) is -0.284. The van der Waals surface area contributed by atoms with Gasteiger partial charge in [-0.3, -0.25) is 0 Å². The third kappa shape index (κ3) is 2.42. The van der Waals surface area contributed by atoms with Gasteiger partial charge < -0.3 is 9.72 Å². The van der Waals surface area contributed by atoms with Gasteiger partial charge in [-0.25, -0.2) is 4.79 Å². The maximum Gasteiger partial charge on any atom is 0.340 e. The monoisotopic (exact) mass is 279 g/mol. The van der Waals surface area contributed by atoms with Gasteiger partial charge in [0.2, 0.25) is 0 Å². The molecule has 0 aliphatic rings. The number of benzene rings is 2. The fourth-order valence-electron chi connectivity index (χ4n) is 2.54. The number of carbonyl (C=O) groups excluding carboxylic acids is 1. The van der Waals surface area contributed by atoms with Crippen molar-refractivity contribution in [2.45, 2.75) is 13.8 Å². The third-order valence-electron chi connectivity index (χ3n) is 3.50. The zero-order chi connectivity index (χ0) is 14.8. The van der Waals surface area contributed by atoms with Crippen molar-refractivity contribution in [3.63, 3.8) is 0 Å². The Balaban J connectivity index is 2.28. The van der Waals surface area contributed by atoms with Crippen LogP contribution in [0.4, 0.5) is 0 Å². The summed E-state index contributed by atoms with van der Waals surface area (Å²) in [7, 11) is 0. The summed E-state index contributed by atoms with van der Waals surface area (Å²) >= 11 is 0. The maximum absolute atomic E-state index is 12.4. The van der Waals surface area contributed by atoms with E-state index in [1.165, 1.54) is 0 Å². The van der Waals surface area contributed by atoms with Crippen molar-refractivity contribution in [3.8, 4) is 11.3 Å². The number of aryl methyl sites for hydroxylation is 1. The van der Waals surface area contributed by atoms with Crippen molar-refractivity contribution < 1.29 is 9.53 Å². The van der Waals surface area contributed by atoms with Crippen LogP contribution in [-0.2, 0) is 4.74 Å². The van der Waals surface area contributed by atoms with Crippen LogP contribution >= 0.6 is 0 Å². The van der Waals surface area contributed by atoms with E-state index in [0.29, 0.717) is 12.2 Å². The topological polar surface area (TPSA) is 42.1 Å². The van der Waals surface area contributed by atoms with E-state index in [1.54, 1.807) is 0 Å². The fraction of sp³-hybridized carbons (Fsp3) is 0.167. The summed E-state index contributed by atoms with van der Waals surface area (Å²) in [5.41, 5.74) is 4.47. The van der Waals surface area contributed by atoms with E-state index in [4.69, 9.17) is 4.74 Å². The minimum absolute atomic E-state index is 0.284. The number of fused-ring (bicyclic) bond motifs is 1. The molecule has 0 amide bonds. The predicted octanol–water partition coefficient (Wildman–Crippen LogP) is 4.32. The molecule has 3 rings (SSSR count). The summed E-state index contributed by atoms with van der Waals surface area (Å²) in [6.45, 7) is 4.20. The van der Waals surface area contributed by atoms with Crippen LogP contribution in [0.3, 0.4) is 0 Å². The van der Waals surface area contributed by atoms with Crippen molar-refractivity contribution in [1.29, 1.82) is 0 Å². The van der Waals surface area contributed by atoms with Crippen LogP contribution in [0.1, 0.15) is 22.8 Å². The van der Waals surface area contributed by atoms with Crippen molar-refractivity contribution >= 4 is 16.9 Å². The molecule has 1 heterocycles. The number of ether oxygens (including phenoxy) is 1. The Labute approximate surface area is 123 Å². The molecular weight excluding hydrogens is 262 g/mol. The third-order valence-corrected chi connectivity index (χ3v) is 3.50. The SMILES string of the molecule is CCOC(=O)c1c(-c2ccccc2)[nH]c2ccc(C)cc12. The van der Waals surface area contributed by atoms with Gasteiger partial charge in [0.25, 0.3) is 0 Å². The molecule has 0 aliphatic carbocycles. The van der Waals surface area contributed by atoms with Crippen LogP contribution in [0.2, 0.25) is 0 Å². The molecule has 0 atom stereocenters. The molecule has 1 aromatic heterocycles. The molecular formula is C18H17NO2. The van der Waals surface area contributed by atoms with Gasteiger partial charge in [-0.15, -0.1) is 0 Å². The number of aromatic nitrogens is 1.